The average Bonchev–Trinajstić information content (AvgIpc) is 2.31. The average molecular weight is 245 g/mol. The summed E-state index contributed by atoms with van der Waals surface area (Å²) in [5.41, 5.74) is 1.28. The van der Waals surface area contributed by atoms with Gasteiger partial charge in [0.05, 0.1) is 0 Å². The first-order chi connectivity index (χ1) is 7.60. The zero-order chi connectivity index (χ0) is 11.6. The van der Waals surface area contributed by atoms with Gasteiger partial charge in [0.15, 0.2) is 0 Å². The summed E-state index contributed by atoms with van der Waals surface area (Å²) in [6, 6.07) is 0. The molecule has 2 rings (SSSR count). The molecule has 0 atom stereocenters. The molecule has 1 fully saturated rings. The van der Waals surface area contributed by atoms with Crippen LogP contribution in [0, 0.1) is 0 Å². The molecule has 16 heavy (non-hydrogen) atoms. The number of nitrogens with zero attached hydrogens (tertiary/aromatic N) is 2. The molecular weight excluding hydrogens is 226 g/mol. The highest BCUT2D eigenvalue weighted by Gasteiger charge is 2.30. The van der Waals surface area contributed by atoms with Gasteiger partial charge in [-0.25, -0.2) is 0 Å². The largest absolute Gasteiger partial charge is 0.314 e. The van der Waals surface area contributed by atoms with E-state index in [2.05, 4.69) is 12.2 Å². The Kier molecular flexibility index (Phi) is 3.63. The molecule has 0 saturated carbocycles. The van der Waals surface area contributed by atoms with Crippen LogP contribution >= 0.6 is 0 Å². The van der Waals surface area contributed by atoms with E-state index >= 15 is 0 Å². The molecule has 0 unspecified atom stereocenters. The second-order valence-electron chi connectivity index (χ2n) is 4.32. The standard InChI is InChI=1S/C10H19N3O2S/c1-10-2-6-12(7-3-10)16(14,15)13-8-4-11-5-9-13/h2,11H,3-9H2,1H3. The van der Waals surface area contributed by atoms with Crippen LogP contribution < -0.4 is 5.32 Å². The summed E-state index contributed by atoms with van der Waals surface area (Å²) in [6.07, 6.45) is 2.86. The van der Waals surface area contributed by atoms with Crippen LogP contribution in [0.5, 0.6) is 0 Å². The molecule has 0 aliphatic carbocycles. The third kappa shape index (κ3) is 2.45. The Balaban J connectivity index is 2.06. The Labute approximate surface area is 97.3 Å². The van der Waals surface area contributed by atoms with E-state index in [1.165, 1.54) is 5.57 Å². The number of nitrogens with one attached hydrogen (secondary N) is 1. The van der Waals surface area contributed by atoms with Gasteiger partial charge >= 0.3 is 0 Å². The van der Waals surface area contributed by atoms with Gasteiger partial charge in [-0.3, -0.25) is 0 Å². The maximum atomic E-state index is 12.2. The Morgan fingerprint density at radius 3 is 2.44 bits per heavy atom. The van der Waals surface area contributed by atoms with E-state index in [0.717, 1.165) is 19.5 Å². The first kappa shape index (κ1) is 12.0. The minimum Gasteiger partial charge on any atom is -0.314 e. The lowest BCUT2D eigenvalue weighted by Gasteiger charge is -2.33. The van der Waals surface area contributed by atoms with Gasteiger partial charge in [0.25, 0.3) is 10.2 Å². The van der Waals surface area contributed by atoms with Crippen molar-refractivity contribution in [2.24, 2.45) is 0 Å². The van der Waals surface area contributed by atoms with Gasteiger partial charge in [-0.2, -0.15) is 17.0 Å². The van der Waals surface area contributed by atoms with Gasteiger partial charge in [0, 0.05) is 39.3 Å². The van der Waals surface area contributed by atoms with E-state index in [-0.39, 0.29) is 0 Å². The molecule has 0 aromatic rings. The lowest BCUT2D eigenvalue weighted by Crippen LogP contribution is -2.52. The second kappa shape index (κ2) is 4.83. The highest BCUT2D eigenvalue weighted by atomic mass is 32.2. The zero-order valence-corrected chi connectivity index (χ0v) is 10.5. The molecule has 92 valence electrons. The predicted octanol–water partition coefficient (Wildman–Crippen LogP) is -0.212. The molecule has 0 bridgehead atoms. The van der Waals surface area contributed by atoms with Crippen LogP contribution in [-0.2, 0) is 10.2 Å². The quantitative estimate of drug-likeness (QED) is 0.685. The van der Waals surface area contributed by atoms with Crippen LogP contribution in [0.2, 0.25) is 0 Å². The molecule has 2 heterocycles. The highest BCUT2D eigenvalue weighted by Crippen LogP contribution is 2.16. The van der Waals surface area contributed by atoms with E-state index in [0.29, 0.717) is 26.2 Å². The van der Waals surface area contributed by atoms with E-state index in [1.807, 2.05) is 6.08 Å². The predicted molar refractivity (Wildman–Crippen MR) is 63.3 cm³/mol. The molecule has 0 radical (unpaired) electrons. The highest BCUT2D eigenvalue weighted by molar-refractivity contribution is 7.86. The van der Waals surface area contributed by atoms with Crippen LogP contribution in [0.15, 0.2) is 11.6 Å². The first-order valence-electron chi connectivity index (χ1n) is 5.72. The number of rotatable bonds is 2. The molecule has 0 aromatic carbocycles. The molecule has 0 amide bonds. The van der Waals surface area contributed by atoms with Crippen molar-refractivity contribution in [1.29, 1.82) is 0 Å². The Hall–Kier alpha value is -0.430. The van der Waals surface area contributed by atoms with Gasteiger partial charge in [-0.15, -0.1) is 0 Å². The number of piperazine rings is 1. The van der Waals surface area contributed by atoms with Crippen LogP contribution in [-0.4, -0.2) is 56.3 Å². The van der Waals surface area contributed by atoms with Crippen LogP contribution in [0.4, 0.5) is 0 Å². The minimum atomic E-state index is -3.23. The maximum Gasteiger partial charge on any atom is 0.282 e. The summed E-state index contributed by atoms with van der Waals surface area (Å²) in [5.74, 6) is 0. The van der Waals surface area contributed by atoms with E-state index in [1.54, 1.807) is 8.61 Å². The summed E-state index contributed by atoms with van der Waals surface area (Å²) < 4.78 is 27.6. The van der Waals surface area contributed by atoms with Crippen molar-refractivity contribution in [2.45, 2.75) is 13.3 Å². The molecule has 2 aliphatic rings. The number of hydrogen-bond donors (Lipinski definition) is 1. The Morgan fingerprint density at radius 2 is 1.88 bits per heavy atom. The van der Waals surface area contributed by atoms with E-state index in [4.69, 9.17) is 0 Å². The fourth-order valence-electron chi connectivity index (χ4n) is 2.00. The molecule has 0 aromatic heterocycles. The monoisotopic (exact) mass is 245 g/mol. The topological polar surface area (TPSA) is 52.7 Å². The Morgan fingerprint density at radius 1 is 1.19 bits per heavy atom. The van der Waals surface area contributed by atoms with Crippen molar-refractivity contribution in [3.05, 3.63) is 11.6 Å². The molecular formula is C10H19N3O2S. The molecule has 1 saturated heterocycles. The summed E-state index contributed by atoms with van der Waals surface area (Å²) in [7, 11) is -3.23. The van der Waals surface area contributed by atoms with Crippen LogP contribution in [0.3, 0.4) is 0 Å². The zero-order valence-electron chi connectivity index (χ0n) is 9.65. The third-order valence-electron chi connectivity index (χ3n) is 3.13. The van der Waals surface area contributed by atoms with E-state index < -0.39 is 10.2 Å². The van der Waals surface area contributed by atoms with Crippen molar-refractivity contribution < 1.29 is 8.42 Å². The Bertz CT molecular complexity index is 372. The third-order valence-corrected chi connectivity index (χ3v) is 5.13. The lowest BCUT2D eigenvalue weighted by molar-refractivity contribution is 0.316. The summed E-state index contributed by atoms with van der Waals surface area (Å²) in [6.45, 7) is 5.87. The summed E-state index contributed by atoms with van der Waals surface area (Å²) in [5, 5.41) is 3.16. The van der Waals surface area contributed by atoms with Crippen molar-refractivity contribution in [3.8, 4) is 0 Å². The van der Waals surface area contributed by atoms with Gasteiger partial charge in [0.2, 0.25) is 0 Å². The molecule has 2 aliphatic heterocycles. The SMILES string of the molecule is CC1=CCN(S(=O)(=O)N2CCNCC2)CC1. The fourth-order valence-corrected chi connectivity index (χ4v) is 3.56. The summed E-state index contributed by atoms with van der Waals surface area (Å²) in [4.78, 5) is 0. The summed E-state index contributed by atoms with van der Waals surface area (Å²) >= 11 is 0. The van der Waals surface area contributed by atoms with Crippen LogP contribution in [0.1, 0.15) is 13.3 Å². The van der Waals surface area contributed by atoms with Crippen molar-refractivity contribution in [3.63, 3.8) is 0 Å². The first-order valence-corrected chi connectivity index (χ1v) is 7.12. The van der Waals surface area contributed by atoms with Gasteiger partial charge in [0.1, 0.15) is 0 Å². The minimum absolute atomic E-state index is 0.526. The van der Waals surface area contributed by atoms with Gasteiger partial charge in [-0.05, 0) is 13.3 Å². The van der Waals surface area contributed by atoms with Crippen molar-refractivity contribution in [2.75, 3.05) is 39.3 Å². The normalized spacial score (nSPS) is 25.4. The maximum absolute atomic E-state index is 12.2. The molecule has 6 heteroatoms. The smallest absolute Gasteiger partial charge is 0.282 e. The number of hydrogen-bond acceptors (Lipinski definition) is 3. The molecule has 0 spiro atoms. The van der Waals surface area contributed by atoms with Gasteiger partial charge in [-0.1, -0.05) is 11.6 Å². The van der Waals surface area contributed by atoms with Crippen molar-refractivity contribution >= 4 is 10.2 Å². The second-order valence-corrected chi connectivity index (χ2v) is 6.24. The van der Waals surface area contributed by atoms with Crippen molar-refractivity contribution in [1.82, 2.24) is 13.9 Å². The lowest BCUT2D eigenvalue weighted by atomic mass is 10.1. The molecule has 1 N–H and O–H groups in total. The fraction of sp³-hybridized carbons (Fsp3) is 0.800. The molecule has 5 nitrogen and oxygen atoms in total. The van der Waals surface area contributed by atoms with E-state index in [9.17, 15) is 8.42 Å². The van der Waals surface area contributed by atoms with Crippen LogP contribution in [0.25, 0.3) is 0 Å². The van der Waals surface area contributed by atoms with Gasteiger partial charge < -0.3 is 5.32 Å².